The zero-order chi connectivity index (χ0) is 19.1. The van der Waals surface area contributed by atoms with Crippen LogP contribution in [0.4, 0.5) is 0 Å². The van der Waals surface area contributed by atoms with E-state index in [1.807, 2.05) is 30.3 Å². The Morgan fingerprint density at radius 1 is 1.07 bits per heavy atom. The molecule has 0 aliphatic heterocycles. The molecule has 0 unspecified atom stereocenters. The fourth-order valence-electron chi connectivity index (χ4n) is 2.48. The van der Waals surface area contributed by atoms with E-state index in [2.05, 4.69) is 5.32 Å². The Morgan fingerprint density at radius 2 is 1.89 bits per heavy atom. The molecule has 7 nitrogen and oxygen atoms in total. The molecule has 2 aromatic carbocycles. The summed E-state index contributed by atoms with van der Waals surface area (Å²) in [6.07, 6.45) is -0.626. The highest BCUT2D eigenvalue weighted by Gasteiger charge is 2.11. The van der Waals surface area contributed by atoms with Crippen LogP contribution in [0.15, 0.2) is 59.0 Å². The number of ether oxygens (including phenoxy) is 2. The summed E-state index contributed by atoms with van der Waals surface area (Å²) in [6.45, 7) is 1.53. The molecule has 3 aromatic rings. The van der Waals surface area contributed by atoms with Gasteiger partial charge in [-0.3, -0.25) is 0 Å². The number of aliphatic hydroxyl groups is 1. The van der Waals surface area contributed by atoms with E-state index in [1.165, 1.54) is 6.07 Å². The fourth-order valence-corrected chi connectivity index (χ4v) is 2.48. The van der Waals surface area contributed by atoms with Gasteiger partial charge in [0.25, 0.3) is 0 Å². The predicted octanol–water partition coefficient (Wildman–Crippen LogP) is 2.54. The van der Waals surface area contributed by atoms with E-state index in [0.717, 1.165) is 5.75 Å². The van der Waals surface area contributed by atoms with Gasteiger partial charge in [0.15, 0.2) is 0 Å². The first-order valence-corrected chi connectivity index (χ1v) is 8.58. The Balaban J connectivity index is 1.36. The fraction of sp³-hybridized carbons (Fsp3) is 0.250. The number of carbonyl (C=O) groups is 1. The van der Waals surface area contributed by atoms with Crippen molar-refractivity contribution in [2.75, 3.05) is 26.3 Å². The van der Waals surface area contributed by atoms with Crippen LogP contribution < -0.4 is 14.8 Å². The van der Waals surface area contributed by atoms with Crippen LogP contribution in [0, 0.1) is 0 Å². The second-order valence-corrected chi connectivity index (χ2v) is 5.95. The van der Waals surface area contributed by atoms with Crippen LogP contribution in [0.2, 0.25) is 0 Å². The average Bonchev–Trinajstić information content (AvgIpc) is 3.11. The van der Waals surface area contributed by atoms with Gasteiger partial charge in [0, 0.05) is 24.5 Å². The zero-order valence-corrected chi connectivity index (χ0v) is 14.6. The van der Waals surface area contributed by atoms with Crippen LogP contribution in [0.3, 0.4) is 0 Å². The van der Waals surface area contributed by atoms with Crippen molar-refractivity contribution in [2.24, 2.45) is 0 Å². The lowest BCUT2D eigenvalue weighted by atomic mass is 10.2. The van der Waals surface area contributed by atoms with Crippen molar-refractivity contribution in [1.29, 1.82) is 0 Å². The van der Waals surface area contributed by atoms with Gasteiger partial charge in [-0.2, -0.15) is 0 Å². The van der Waals surface area contributed by atoms with Crippen LogP contribution in [-0.4, -0.2) is 48.6 Å². The summed E-state index contributed by atoms with van der Waals surface area (Å²) in [4.78, 5) is 10.9. The molecule has 1 heterocycles. The van der Waals surface area contributed by atoms with Crippen LogP contribution in [-0.2, 0) is 0 Å². The van der Waals surface area contributed by atoms with Crippen LogP contribution >= 0.6 is 0 Å². The van der Waals surface area contributed by atoms with E-state index < -0.39 is 12.1 Å². The summed E-state index contributed by atoms with van der Waals surface area (Å²) in [5.74, 6) is 0.103. The number of aromatic carboxylic acids is 1. The summed E-state index contributed by atoms with van der Waals surface area (Å²) in [6, 6.07) is 16.0. The van der Waals surface area contributed by atoms with E-state index in [4.69, 9.17) is 19.0 Å². The molecular weight excluding hydrogens is 350 g/mol. The highest BCUT2D eigenvalue weighted by Crippen LogP contribution is 2.24. The van der Waals surface area contributed by atoms with Crippen LogP contribution in [0.5, 0.6) is 11.5 Å². The summed E-state index contributed by atoms with van der Waals surface area (Å²) >= 11 is 0. The number of furan rings is 1. The molecule has 0 amide bonds. The smallest absolute Gasteiger partial charge is 0.371 e. The number of carboxylic acid groups (broad SMARTS) is 1. The van der Waals surface area contributed by atoms with Crippen molar-refractivity contribution in [3.63, 3.8) is 0 Å². The number of fused-ring (bicyclic) bond motifs is 1. The maximum absolute atomic E-state index is 10.9. The van der Waals surface area contributed by atoms with Crippen molar-refractivity contribution < 1.29 is 28.9 Å². The van der Waals surface area contributed by atoms with Gasteiger partial charge in [0.2, 0.25) is 5.76 Å². The van der Waals surface area contributed by atoms with E-state index in [0.29, 0.717) is 36.4 Å². The number of nitrogens with one attached hydrogen (secondary N) is 1. The van der Waals surface area contributed by atoms with Gasteiger partial charge in [0.05, 0.1) is 0 Å². The van der Waals surface area contributed by atoms with Crippen LogP contribution in [0.1, 0.15) is 10.6 Å². The Hall–Kier alpha value is -3.03. The highest BCUT2D eigenvalue weighted by atomic mass is 16.5. The quantitative estimate of drug-likeness (QED) is 0.471. The van der Waals surface area contributed by atoms with E-state index in [1.54, 1.807) is 18.2 Å². The molecule has 27 heavy (non-hydrogen) atoms. The molecule has 1 atom stereocenters. The van der Waals surface area contributed by atoms with Crippen molar-refractivity contribution >= 4 is 16.9 Å². The number of para-hydroxylation sites is 1. The molecule has 0 spiro atoms. The minimum Gasteiger partial charge on any atom is -0.492 e. The molecule has 3 rings (SSSR count). The van der Waals surface area contributed by atoms with Crippen molar-refractivity contribution in [3.05, 3.63) is 60.4 Å². The topological polar surface area (TPSA) is 101 Å². The third-order valence-electron chi connectivity index (χ3n) is 3.82. The number of carboxylic acids is 1. The lowest BCUT2D eigenvalue weighted by molar-refractivity contribution is 0.0665. The first-order chi connectivity index (χ1) is 13.1. The van der Waals surface area contributed by atoms with Gasteiger partial charge >= 0.3 is 5.97 Å². The summed E-state index contributed by atoms with van der Waals surface area (Å²) in [5.41, 5.74) is 0.464. The second-order valence-electron chi connectivity index (χ2n) is 5.95. The number of rotatable bonds is 10. The molecule has 0 saturated carbocycles. The third kappa shape index (κ3) is 5.47. The third-order valence-corrected chi connectivity index (χ3v) is 3.82. The average molecular weight is 371 g/mol. The first kappa shape index (κ1) is 18.8. The molecule has 0 aliphatic carbocycles. The SMILES string of the molecule is O=C(O)c1cc2ccc(OCCNC[C@H](O)COc3ccccc3)cc2o1. The zero-order valence-electron chi connectivity index (χ0n) is 14.6. The molecule has 0 radical (unpaired) electrons. The van der Waals surface area contributed by atoms with Crippen molar-refractivity contribution in [2.45, 2.75) is 6.10 Å². The predicted molar refractivity (Wildman–Crippen MR) is 99.5 cm³/mol. The molecule has 0 saturated heterocycles. The standard InChI is InChI=1S/C20H21NO6/c22-15(13-26-16-4-2-1-3-5-16)12-21-8-9-25-17-7-6-14-10-19(20(23)24)27-18(14)11-17/h1-7,10-11,15,21-22H,8-9,12-13H2,(H,23,24)/t15-/m0/s1. The minimum absolute atomic E-state index is 0.101. The Labute approximate surface area is 156 Å². The van der Waals surface area contributed by atoms with Crippen molar-refractivity contribution in [3.8, 4) is 11.5 Å². The molecule has 1 aromatic heterocycles. The maximum atomic E-state index is 10.9. The number of hydrogen-bond donors (Lipinski definition) is 3. The Kier molecular flexibility index (Phi) is 6.30. The van der Waals surface area contributed by atoms with E-state index in [-0.39, 0.29) is 12.4 Å². The summed E-state index contributed by atoms with van der Waals surface area (Å²) in [7, 11) is 0. The number of hydrogen-bond acceptors (Lipinski definition) is 6. The summed E-state index contributed by atoms with van der Waals surface area (Å²) in [5, 5.41) is 22.6. The lowest BCUT2D eigenvalue weighted by Crippen LogP contribution is -2.33. The lowest BCUT2D eigenvalue weighted by Gasteiger charge is -2.13. The number of benzene rings is 2. The van der Waals surface area contributed by atoms with Crippen LogP contribution in [0.25, 0.3) is 11.0 Å². The molecule has 0 fully saturated rings. The second kappa shape index (κ2) is 9.07. The number of aliphatic hydroxyl groups excluding tert-OH is 1. The van der Waals surface area contributed by atoms with Gasteiger partial charge in [-0.1, -0.05) is 18.2 Å². The molecule has 3 N–H and O–H groups in total. The Morgan fingerprint density at radius 3 is 2.67 bits per heavy atom. The van der Waals surface area contributed by atoms with Gasteiger partial charge in [-0.25, -0.2) is 4.79 Å². The molecule has 0 aliphatic rings. The minimum atomic E-state index is -1.10. The van der Waals surface area contributed by atoms with Gasteiger partial charge in [-0.05, 0) is 30.3 Å². The van der Waals surface area contributed by atoms with Gasteiger partial charge in [-0.15, -0.1) is 0 Å². The highest BCUT2D eigenvalue weighted by molar-refractivity contribution is 5.91. The normalized spacial score (nSPS) is 12.0. The van der Waals surface area contributed by atoms with E-state index in [9.17, 15) is 9.90 Å². The summed E-state index contributed by atoms with van der Waals surface area (Å²) < 4.78 is 16.3. The van der Waals surface area contributed by atoms with Gasteiger partial charge in [0.1, 0.15) is 36.4 Å². The molecule has 0 bridgehead atoms. The van der Waals surface area contributed by atoms with E-state index >= 15 is 0 Å². The molecule has 142 valence electrons. The molecular formula is C20H21NO6. The maximum Gasteiger partial charge on any atom is 0.371 e. The monoisotopic (exact) mass is 371 g/mol. The molecule has 7 heteroatoms. The van der Waals surface area contributed by atoms with Crippen molar-refractivity contribution in [1.82, 2.24) is 5.32 Å². The van der Waals surface area contributed by atoms with Gasteiger partial charge < -0.3 is 29.4 Å². The Bertz CT molecular complexity index is 877. The first-order valence-electron chi connectivity index (χ1n) is 8.58. The largest absolute Gasteiger partial charge is 0.492 e.